The molecule has 0 unspecified atom stereocenters. The molecule has 3 aromatic rings. The van der Waals surface area contributed by atoms with Gasteiger partial charge in [0.2, 0.25) is 0 Å². The molecule has 1 aliphatic rings. The zero-order valence-electron chi connectivity index (χ0n) is 13.0. The smallest absolute Gasteiger partial charge is 0.141 e. The van der Waals surface area contributed by atoms with Gasteiger partial charge in [-0.15, -0.1) is 0 Å². The van der Waals surface area contributed by atoms with Crippen LogP contribution >= 0.6 is 11.3 Å². The Morgan fingerprint density at radius 2 is 2.22 bits per heavy atom. The van der Waals surface area contributed by atoms with Crippen molar-refractivity contribution in [3.63, 3.8) is 0 Å². The number of anilines is 1. The number of fused-ring (bicyclic) bond motifs is 1. The van der Waals surface area contributed by atoms with Gasteiger partial charge < -0.3 is 9.47 Å². The van der Waals surface area contributed by atoms with E-state index in [-0.39, 0.29) is 0 Å². The number of nitrogens with zero attached hydrogens (tertiary/aromatic N) is 3. The highest BCUT2D eigenvalue weighted by Gasteiger charge is 2.16. The van der Waals surface area contributed by atoms with Crippen molar-refractivity contribution in [2.45, 2.75) is 6.42 Å². The molecule has 1 aliphatic heterocycles. The minimum absolute atomic E-state index is 0.904. The molecule has 23 heavy (non-hydrogen) atoms. The molecule has 0 amide bonds. The highest BCUT2D eigenvalue weighted by molar-refractivity contribution is 7.08. The van der Waals surface area contributed by atoms with Crippen molar-refractivity contribution in [2.75, 3.05) is 18.0 Å². The maximum absolute atomic E-state index is 4.47. The second-order valence-electron chi connectivity index (χ2n) is 5.69. The molecule has 0 N–H and O–H groups in total. The zero-order valence-corrected chi connectivity index (χ0v) is 13.8. The minimum Gasteiger partial charge on any atom is -0.366 e. The van der Waals surface area contributed by atoms with Crippen LogP contribution < -0.4 is 4.90 Å². The molecule has 4 rings (SSSR count). The lowest BCUT2D eigenvalue weighted by molar-refractivity contribution is 0.803. The first-order valence-corrected chi connectivity index (χ1v) is 8.64. The molecule has 0 aliphatic carbocycles. The van der Waals surface area contributed by atoms with E-state index in [0.717, 1.165) is 30.7 Å². The number of thiophene rings is 1. The lowest BCUT2D eigenvalue weighted by atomic mass is 10.1. The largest absolute Gasteiger partial charge is 0.366 e. The van der Waals surface area contributed by atoms with Gasteiger partial charge in [-0.3, -0.25) is 0 Å². The van der Waals surface area contributed by atoms with E-state index >= 15 is 0 Å². The van der Waals surface area contributed by atoms with E-state index < -0.39 is 0 Å². The van der Waals surface area contributed by atoms with Gasteiger partial charge in [0.05, 0.1) is 5.69 Å². The van der Waals surface area contributed by atoms with Crippen LogP contribution in [0.4, 0.5) is 5.69 Å². The van der Waals surface area contributed by atoms with Crippen LogP contribution in [0.15, 0.2) is 53.0 Å². The second-order valence-corrected chi connectivity index (χ2v) is 6.47. The van der Waals surface area contributed by atoms with Gasteiger partial charge in [0, 0.05) is 54.4 Å². The standard InChI is InChI=1S/C19H17N3S/c1-21-13-18(17-3-2-9-20-19(17)21)22-10-6-15(7-11-22)4-5-16-8-12-23-14-16/h2-3,6,8-9,12-14H,7,10-11H2,1H3. The van der Waals surface area contributed by atoms with Crippen molar-refractivity contribution >= 4 is 28.1 Å². The van der Waals surface area contributed by atoms with Gasteiger partial charge in [0.1, 0.15) is 5.65 Å². The Labute approximate surface area is 139 Å². The summed E-state index contributed by atoms with van der Waals surface area (Å²) in [6.07, 6.45) is 7.26. The molecule has 0 saturated carbocycles. The van der Waals surface area contributed by atoms with Gasteiger partial charge in [-0.25, -0.2) is 4.98 Å². The summed E-state index contributed by atoms with van der Waals surface area (Å²) in [5.41, 5.74) is 4.65. The normalized spacial score (nSPS) is 14.5. The number of aromatic nitrogens is 2. The minimum atomic E-state index is 0.904. The molecular formula is C19H17N3S. The Balaban J connectivity index is 1.56. The maximum Gasteiger partial charge on any atom is 0.141 e. The van der Waals surface area contributed by atoms with E-state index in [1.807, 2.05) is 12.3 Å². The summed E-state index contributed by atoms with van der Waals surface area (Å²) < 4.78 is 2.10. The van der Waals surface area contributed by atoms with E-state index in [0.29, 0.717) is 0 Å². The van der Waals surface area contributed by atoms with Crippen LogP contribution in [0.3, 0.4) is 0 Å². The quantitative estimate of drug-likeness (QED) is 0.636. The lowest BCUT2D eigenvalue weighted by Gasteiger charge is -2.26. The van der Waals surface area contributed by atoms with Crippen LogP contribution in [0.25, 0.3) is 11.0 Å². The third kappa shape index (κ3) is 2.76. The summed E-state index contributed by atoms with van der Waals surface area (Å²) in [6, 6.07) is 6.22. The average molecular weight is 319 g/mol. The van der Waals surface area contributed by atoms with Crippen molar-refractivity contribution in [3.8, 4) is 11.8 Å². The van der Waals surface area contributed by atoms with Crippen LogP contribution in [0.5, 0.6) is 0 Å². The number of hydrogen-bond acceptors (Lipinski definition) is 3. The highest BCUT2D eigenvalue weighted by Crippen LogP contribution is 2.29. The van der Waals surface area contributed by atoms with Crippen LogP contribution in [-0.2, 0) is 7.05 Å². The SMILES string of the molecule is Cn1cc(N2CC=C(C#Cc3ccsc3)CC2)c2cccnc21. The van der Waals surface area contributed by atoms with Crippen molar-refractivity contribution in [3.05, 3.63) is 58.6 Å². The number of aryl methyl sites for hydroxylation is 1. The first-order valence-electron chi connectivity index (χ1n) is 7.69. The predicted octanol–water partition coefficient (Wildman–Crippen LogP) is 3.82. The van der Waals surface area contributed by atoms with Gasteiger partial charge in [0.25, 0.3) is 0 Å². The molecule has 0 saturated heterocycles. The molecule has 0 aromatic carbocycles. The maximum atomic E-state index is 4.47. The second kappa shape index (κ2) is 5.94. The van der Waals surface area contributed by atoms with Gasteiger partial charge in [-0.1, -0.05) is 17.9 Å². The molecule has 3 aromatic heterocycles. The highest BCUT2D eigenvalue weighted by atomic mass is 32.1. The molecule has 4 heteroatoms. The van der Waals surface area contributed by atoms with E-state index in [1.54, 1.807) is 11.3 Å². The Morgan fingerprint density at radius 1 is 1.26 bits per heavy atom. The van der Waals surface area contributed by atoms with Crippen molar-refractivity contribution in [2.24, 2.45) is 7.05 Å². The van der Waals surface area contributed by atoms with E-state index in [1.165, 1.54) is 16.6 Å². The summed E-state index contributed by atoms with van der Waals surface area (Å²) in [5.74, 6) is 6.55. The molecular weight excluding hydrogens is 302 g/mol. The van der Waals surface area contributed by atoms with Gasteiger partial charge in [-0.2, -0.15) is 11.3 Å². The fraction of sp³-hybridized carbons (Fsp3) is 0.211. The van der Waals surface area contributed by atoms with Crippen LogP contribution in [0.2, 0.25) is 0 Å². The first-order chi connectivity index (χ1) is 11.3. The summed E-state index contributed by atoms with van der Waals surface area (Å²) in [4.78, 5) is 6.87. The topological polar surface area (TPSA) is 21.1 Å². The Morgan fingerprint density at radius 3 is 3.00 bits per heavy atom. The van der Waals surface area contributed by atoms with Crippen molar-refractivity contribution in [1.29, 1.82) is 0 Å². The fourth-order valence-corrected chi connectivity index (χ4v) is 3.52. The molecule has 0 atom stereocenters. The third-order valence-corrected chi connectivity index (χ3v) is 4.83. The molecule has 4 heterocycles. The van der Waals surface area contributed by atoms with Crippen molar-refractivity contribution in [1.82, 2.24) is 9.55 Å². The monoisotopic (exact) mass is 319 g/mol. The molecule has 0 bridgehead atoms. The van der Waals surface area contributed by atoms with E-state index in [2.05, 4.69) is 68.5 Å². The fourth-order valence-electron chi connectivity index (χ4n) is 2.93. The van der Waals surface area contributed by atoms with Crippen LogP contribution in [0, 0.1) is 11.8 Å². The summed E-state index contributed by atoms with van der Waals surface area (Å²) in [5, 5.41) is 5.37. The predicted molar refractivity (Wildman–Crippen MR) is 96.8 cm³/mol. The molecule has 0 spiro atoms. The lowest BCUT2D eigenvalue weighted by Crippen LogP contribution is -2.28. The first kappa shape index (κ1) is 14.1. The van der Waals surface area contributed by atoms with Crippen LogP contribution in [0.1, 0.15) is 12.0 Å². The number of hydrogen-bond donors (Lipinski definition) is 0. The molecule has 114 valence electrons. The summed E-state index contributed by atoms with van der Waals surface area (Å²) >= 11 is 1.69. The van der Waals surface area contributed by atoms with Crippen molar-refractivity contribution < 1.29 is 0 Å². The zero-order chi connectivity index (χ0) is 15.6. The Hall–Kier alpha value is -2.51. The average Bonchev–Trinajstić information content (AvgIpc) is 3.22. The van der Waals surface area contributed by atoms with E-state index in [9.17, 15) is 0 Å². The van der Waals surface area contributed by atoms with Gasteiger partial charge in [-0.05, 0) is 30.0 Å². The summed E-state index contributed by atoms with van der Waals surface area (Å²) in [6.45, 7) is 1.90. The Kier molecular flexibility index (Phi) is 3.64. The molecule has 0 radical (unpaired) electrons. The van der Waals surface area contributed by atoms with Gasteiger partial charge in [0.15, 0.2) is 0 Å². The Bertz CT molecular complexity index is 923. The van der Waals surface area contributed by atoms with Gasteiger partial charge >= 0.3 is 0 Å². The number of rotatable bonds is 1. The number of pyridine rings is 1. The van der Waals surface area contributed by atoms with Crippen LogP contribution in [-0.4, -0.2) is 22.6 Å². The van der Waals surface area contributed by atoms with E-state index in [4.69, 9.17) is 0 Å². The summed E-state index contributed by atoms with van der Waals surface area (Å²) in [7, 11) is 2.05. The molecule has 3 nitrogen and oxygen atoms in total. The third-order valence-electron chi connectivity index (χ3n) is 4.15. The molecule has 0 fully saturated rings.